The van der Waals surface area contributed by atoms with Crippen LogP contribution in [0.3, 0.4) is 0 Å². The van der Waals surface area contributed by atoms with Crippen LogP contribution >= 0.6 is 0 Å². The van der Waals surface area contributed by atoms with Crippen LogP contribution in [0.4, 0.5) is 4.39 Å². The van der Waals surface area contributed by atoms with Crippen LogP contribution in [-0.4, -0.2) is 37.3 Å². The molecule has 8 heteroatoms. The minimum atomic E-state index is -1.43. The molecule has 0 fully saturated rings. The maximum atomic E-state index is 13.9. The van der Waals surface area contributed by atoms with E-state index in [2.05, 4.69) is 5.32 Å². The molecule has 0 aliphatic carbocycles. The molecule has 0 spiro atoms. The van der Waals surface area contributed by atoms with E-state index in [4.69, 9.17) is 14.2 Å². The number of rotatable bonds is 8. The summed E-state index contributed by atoms with van der Waals surface area (Å²) in [6.07, 6.45) is -0.969. The number of hydrogen-bond acceptors (Lipinski definition) is 5. The first kappa shape index (κ1) is 20.0. The third kappa shape index (κ3) is 5.10. The summed E-state index contributed by atoms with van der Waals surface area (Å²) in [5.41, 5.74) is 0.0748. The van der Waals surface area contributed by atoms with Crippen molar-refractivity contribution >= 4 is 11.9 Å². The number of ether oxygens (including phenoxy) is 3. The highest BCUT2D eigenvalue weighted by atomic mass is 19.1. The van der Waals surface area contributed by atoms with Crippen LogP contribution in [0.2, 0.25) is 0 Å². The Balaban J connectivity index is 2.09. The molecule has 0 aliphatic heterocycles. The van der Waals surface area contributed by atoms with E-state index in [1.807, 2.05) is 0 Å². The third-order valence-corrected chi connectivity index (χ3v) is 3.78. The zero-order valence-corrected chi connectivity index (χ0v) is 15.1. The van der Waals surface area contributed by atoms with Crippen LogP contribution in [0.5, 0.6) is 17.2 Å². The summed E-state index contributed by atoms with van der Waals surface area (Å²) in [5, 5.41) is 11.7. The first-order valence-corrected chi connectivity index (χ1v) is 8.03. The summed E-state index contributed by atoms with van der Waals surface area (Å²) in [6.45, 7) is 1.48. The van der Waals surface area contributed by atoms with E-state index in [-0.39, 0.29) is 11.3 Å². The van der Waals surface area contributed by atoms with Crippen molar-refractivity contribution in [3.05, 3.63) is 53.8 Å². The minimum absolute atomic E-state index is 0.0228. The molecule has 2 atom stereocenters. The van der Waals surface area contributed by atoms with Crippen molar-refractivity contribution in [3.8, 4) is 17.2 Å². The average molecular weight is 377 g/mol. The number of carboxylic acid groups (broad SMARTS) is 1. The number of methoxy groups -OCH3 is 2. The summed E-state index contributed by atoms with van der Waals surface area (Å²) >= 11 is 0. The number of aliphatic carboxylic acids is 1. The van der Waals surface area contributed by atoms with E-state index in [0.29, 0.717) is 11.5 Å². The molecule has 0 radical (unpaired) electrons. The van der Waals surface area contributed by atoms with E-state index in [9.17, 15) is 19.1 Å². The van der Waals surface area contributed by atoms with Gasteiger partial charge in [-0.3, -0.25) is 4.79 Å². The van der Waals surface area contributed by atoms with Crippen LogP contribution < -0.4 is 19.5 Å². The standard InChI is InChI=1S/C19H20FNO6/c1-11(27-14-7-5-13(25-2)6-8-14)18(22)21-17(19(23)24)12-4-9-16(26-3)15(20)10-12/h4-11,17H,1-3H3,(H,21,22)(H,23,24). The fourth-order valence-electron chi connectivity index (χ4n) is 2.32. The van der Waals surface area contributed by atoms with Gasteiger partial charge in [0.25, 0.3) is 5.91 Å². The first-order valence-electron chi connectivity index (χ1n) is 8.03. The molecule has 2 aromatic carbocycles. The molecule has 144 valence electrons. The van der Waals surface area contributed by atoms with Gasteiger partial charge >= 0.3 is 5.97 Å². The van der Waals surface area contributed by atoms with Crippen LogP contribution in [0.1, 0.15) is 18.5 Å². The lowest BCUT2D eigenvalue weighted by atomic mass is 10.1. The van der Waals surface area contributed by atoms with Gasteiger partial charge in [0.1, 0.15) is 11.5 Å². The van der Waals surface area contributed by atoms with Gasteiger partial charge in [-0.05, 0) is 48.9 Å². The predicted molar refractivity (Wildman–Crippen MR) is 94.6 cm³/mol. The second-order valence-electron chi connectivity index (χ2n) is 5.61. The molecule has 0 saturated carbocycles. The van der Waals surface area contributed by atoms with Crippen molar-refractivity contribution < 1.29 is 33.3 Å². The van der Waals surface area contributed by atoms with Gasteiger partial charge in [-0.25, -0.2) is 9.18 Å². The molecule has 0 aliphatic rings. The fraction of sp³-hybridized carbons (Fsp3) is 0.263. The second kappa shape index (κ2) is 8.88. The van der Waals surface area contributed by atoms with Crippen LogP contribution in [0.25, 0.3) is 0 Å². The Morgan fingerprint density at radius 2 is 1.67 bits per heavy atom. The number of carbonyl (C=O) groups is 2. The van der Waals surface area contributed by atoms with Crippen LogP contribution in [-0.2, 0) is 9.59 Å². The van der Waals surface area contributed by atoms with Crippen molar-refractivity contribution in [2.45, 2.75) is 19.1 Å². The van der Waals surface area contributed by atoms with Crippen molar-refractivity contribution in [1.82, 2.24) is 5.32 Å². The van der Waals surface area contributed by atoms with Gasteiger partial charge in [-0.1, -0.05) is 6.07 Å². The molecule has 0 saturated heterocycles. The summed E-state index contributed by atoms with van der Waals surface area (Å²) < 4.78 is 29.2. The quantitative estimate of drug-likeness (QED) is 0.734. The van der Waals surface area contributed by atoms with Crippen LogP contribution in [0.15, 0.2) is 42.5 Å². The third-order valence-electron chi connectivity index (χ3n) is 3.78. The molecule has 2 aromatic rings. The first-order chi connectivity index (χ1) is 12.8. The van der Waals surface area contributed by atoms with Gasteiger partial charge in [0, 0.05) is 0 Å². The van der Waals surface area contributed by atoms with Gasteiger partial charge in [-0.15, -0.1) is 0 Å². The highest BCUT2D eigenvalue weighted by Gasteiger charge is 2.26. The molecule has 7 nitrogen and oxygen atoms in total. The SMILES string of the molecule is COc1ccc(OC(C)C(=O)NC(C(=O)O)c2ccc(OC)c(F)c2)cc1. The van der Waals surface area contributed by atoms with Crippen molar-refractivity contribution in [3.63, 3.8) is 0 Å². The smallest absolute Gasteiger partial charge is 0.330 e. The molecular weight excluding hydrogens is 357 g/mol. The minimum Gasteiger partial charge on any atom is -0.497 e. The predicted octanol–water partition coefficient (Wildman–Crippen LogP) is 2.55. The molecule has 2 rings (SSSR count). The number of halogens is 1. The Hall–Kier alpha value is -3.29. The second-order valence-corrected chi connectivity index (χ2v) is 5.61. The average Bonchev–Trinajstić information content (AvgIpc) is 2.66. The van der Waals surface area contributed by atoms with Crippen molar-refractivity contribution in [2.75, 3.05) is 14.2 Å². The highest BCUT2D eigenvalue weighted by molar-refractivity contribution is 5.87. The molecule has 0 aromatic heterocycles. The molecule has 1 amide bonds. The summed E-state index contributed by atoms with van der Waals surface area (Å²) in [4.78, 5) is 23.9. The molecular formula is C19H20FNO6. The summed E-state index contributed by atoms with van der Waals surface area (Å²) in [6, 6.07) is 8.82. The Bertz CT molecular complexity index is 808. The Morgan fingerprint density at radius 3 is 2.19 bits per heavy atom. The van der Waals surface area contributed by atoms with Crippen LogP contribution in [0, 0.1) is 5.82 Å². The zero-order valence-electron chi connectivity index (χ0n) is 15.1. The fourth-order valence-corrected chi connectivity index (χ4v) is 2.32. The molecule has 27 heavy (non-hydrogen) atoms. The number of benzene rings is 2. The van der Waals surface area contributed by atoms with E-state index < -0.39 is 29.8 Å². The number of carboxylic acids is 1. The molecule has 2 unspecified atom stereocenters. The maximum absolute atomic E-state index is 13.9. The largest absolute Gasteiger partial charge is 0.497 e. The molecule has 0 bridgehead atoms. The van der Waals surface area contributed by atoms with Gasteiger partial charge in [-0.2, -0.15) is 0 Å². The van der Waals surface area contributed by atoms with Gasteiger partial charge < -0.3 is 24.6 Å². The van der Waals surface area contributed by atoms with E-state index >= 15 is 0 Å². The number of nitrogens with one attached hydrogen (secondary N) is 1. The van der Waals surface area contributed by atoms with Crippen molar-refractivity contribution in [1.29, 1.82) is 0 Å². The normalized spacial score (nSPS) is 12.6. The monoisotopic (exact) mass is 377 g/mol. The zero-order chi connectivity index (χ0) is 20.0. The highest BCUT2D eigenvalue weighted by Crippen LogP contribution is 2.23. The van der Waals surface area contributed by atoms with Crippen molar-refractivity contribution in [2.24, 2.45) is 0 Å². The lowest BCUT2D eigenvalue weighted by molar-refractivity contribution is -0.143. The number of hydrogen-bond donors (Lipinski definition) is 2. The lowest BCUT2D eigenvalue weighted by Gasteiger charge is -2.19. The lowest BCUT2D eigenvalue weighted by Crippen LogP contribution is -2.41. The Labute approximate surface area is 155 Å². The van der Waals surface area contributed by atoms with E-state index in [0.717, 1.165) is 6.07 Å². The van der Waals surface area contributed by atoms with Gasteiger partial charge in [0.2, 0.25) is 0 Å². The Morgan fingerprint density at radius 1 is 1.04 bits per heavy atom. The topological polar surface area (TPSA) is 94.1 Å². The summed E-state index contributed by atoms with van der Waals surface area (Å²) in [5.74, 6) is -1.68. The Kier molecular flexibility index (Phi) is 6.59. The van der Waals surface area contributed by atoms with Gasteiger partial charge in [0.05, 0.1) is 14.2 Å². The maximum Gasteiger partial charge on any atom is 0.330 e. The molecule has 2 N–H and O–H groups in total. The number of carbonyl (C=O) groups excluding carboxylic acids is 1. The van der Waals surface area contributed by atoms with E-state index in [1.165, 1.54) is 33.3 Å². The van der Waals surface area contributed by atoms with E-state index in [1.54, 1.807) is 24.3 Å². The number of amides is 1. The summed E-state index contributed by atoms with van der Waals surface area (Å²) in [7, 11) is 2.83. The molecule has 0 heterocycles. The van der Waals surface area contributed by atoms with Gasteiger partial charge in [0.15, 0.2) is 23.7 Å².